The first-order valence-electron chi connectivity index (χ1n) is 7.12. The van der Waals surface area contributed by atoms with Crippen LogP contribution in [-0.4, -0.2) is 24.2 Å². The maximum atomic E-state index is 10.5. The van der Waals surface area contributed by atoms with E-state index in [0.717, 1.165) is 30.4 Å². The molecule has 3 nitrogen and oxygen atoms in total. The minimum Gasteiger partial charge on any atom is -0.478 e. The molecule has 20 heavy (non-hydrogen) atoms. The standard InChI is InChI=1S/C16H20ClNO2/c17-15-12-14(8-6-13(15)7-9-16(19)20)18-10-4-2-1-3-5-11-18/h6-9,12H,1-5,10-11H2,(H,19,20)/b9-7+. The summed E-state index contributed by atoms with van der Waals surface area (Å²) in [6.07, 6.45) is 9.01. The number of halogens is 1. The van der Waals surface area contributed by atoms with Gasteiger partial charge >= 0.3 is 5.97 Å². The van der Waals surface area contributed by atoms with Gasteiger partial charge in [-0.25, -0.2) is 4.79 Å². The summed E-state index contributed by atoms with van der Waals surface area (Å²) in [4.78, 5) is 12.9. The number of nitrogens with zero attached hydrogens (tertiary/aromatic N) is 1. The third-order valence-corrected chi connectivity index (χ3v) is 3.94. The molecule has 1 N–H and O–H groups in total. The maximum absolute atomic E-state index is 10.5. The molecule has 0 radical (unpaired) electrons. The van der Waals surface area contributed by atoms with Crippen molar-refractivity contribution in [2.75, 3.05) is 18.0 Å². The molecule has 2 rings (SSSR count). The highest BCUT2D eigenvalue weighted by molar-refractivity contribution is 6.32. The van der Waals surface area contributed by atoms with Crippen LogP contribution < -0.4 is 4.90 Å². The highest BCUT2D eigenvalue weighted by Crippen LogP contribution is 2.26. The Labute approximate surface area is 124 Å². The lowest BCUT2D eigenvalue weighted by atomic mass is 10.1. The molecule has 1 aromatic carbocycles. The van der Waals surface area contributed by atoms with Gasteiger partial charge in [0.15, 0.2) is 0 Å². The number of rotatable bonds is 3. The van der Waals surface area contributed by atoms with Crippen molar-refractivity contribution in [2.24, 2.45) is 0 Å². The van der Waals surface area contributed by atoms with Crippen LogP contribution in [0.5, 0.6) is 0 Å². The summed E-state index contributed by atoms with van der Waals surface area (Å²) in [7, 11) is 0. The summed E-state index contributed by atoms with van der Waals surface area (Å²) in [6.45, 7) is 2.14. The van der Waals surface area contributed by atoms with Gasteiger partial charge in [-0.05, 0) is 36.6 Å². The molecule has 0 atom stereocenters. The van der Waals surface area contributed by atoms with Crippen molar-refractivity contribution >= 4 is 29.3 Å². The van der Waals surface area contributed by atoms with Crippen molar-refractivity contribution in [1.82, 2.24) is 0 Å². The highest BCUT2D eigenvalue weighted by atomic mass is 35.5. The van der Waals surface area contributed by atoms with E-state index >= 15 is 0 Å². The Balaban J connectivity index is 2.12. The van der Waals surface area contributed by atoms with E-state index in [-0.39, 0.29) is 0 Å². The lowest BCUT2D eigenvalue weighted by Gasteiger charge is -2.27. The molecule has 0 amide bonds. The third kappa shape index (κ3) is 4.27. The molecule has 0 spiro atoms. The molecule has 108 valence electrons. The molecule has 1 aliphatic heterocycles. The van der Waals surface area contributed by atoms with E-state index < -0.39 is 5.97 Å². The number of carbonyl (C=O) groups is 1. The van der Waals surface area contributed by atoms with Gasteiger partial charge in [0.25, 0.3) is 0 Å². The predicted octanol–water partition coefficient (Wildman–Crippen LogP) is 4.21. The Bertz CT molecular complexity index is 491. The van der Waals surface area contributed by atoms with Crippen molar-refractivity contribution in [1.29, 1.82) is 0 Å². The van der Waals surface area contributed by atoms with Crippen molar-refractivity contribution in [3.8, 4) is 0 Å². The van der Waals surface area contributed by atoms with Gasteiger partial charge in [-0.2, -0.15) is 0 Å². The van der Waals surface area contributed by atoms with Crippen molar-refractivity contribution in [3.05, 3.63) is 34.9 Å². The normalized spacial score (nSPS) is 16.9. The van der Waals surface area contributed by atoms with Crippen LogP contribution in [0.3, 0.4) is 0 Å². The van der Waals surface area contributed by atoms with Crippen molar-refractivity contribution in [2.45, 2.75) is 32.1 Å². The first kappa shape index (κ1) is 14.9. The van der Waals surface area contributed by atoms with Gasteiger partial charge in [-0.15, -0.1) is 0 Å². The fourth-order valence-corrected chi connectivity index (χ4v) is 2.75. The van der Waals surface area contributed by atoms with E-state index in [4.69, 9.17) is 16.7 Å². The van der Waals surface area contributed by atoms with E-state index in [2.05, 4.69) is 4.90 Å². The second kappa shape index (κ2) is 7.34. The zero-order valence-corrected chi connectivity index (χ0v) is 12.3. The average Bonchev–Trinajstić information content (AvgIpc) is 2.36. The average molecular weight is 294 g/mol. The second-order valence-electron chi connectivity index (χ2n) is 5.13. The lowest BCUT2D eigenvalue weighted by molar-refractivity contribution is -0.131. The van der Waals surface area contributed by atoms with Crippen LogP contribution >= 0.6 is 11.6 Å². The van der Waals surface area contributed by atoms with Gasteiger partial charge in [0.2, 0.25) is 0 Å². The van der Waals surface area contributed by atoms with Gasteiger partial charge < -0.3 is 10.0 Å². The first-order valence-corrected chi connectivity index (χ1v) is 7.50. The summed E-state index contributed by atoms with van der Waals surface area (Å²) in [5, 5.41) is 9.24. The number of aliphatic carboxylic acids is 1. The first-order chi connectivity index (χ1) is 9.66. The van der Waals surface area contributed by atoms with E-state index in [1.54, 1.807) is 0 Å². The molecule has 0 unspecified atom stereocenters. The minimum absolute atomic E-state index is 0.599. The van der Waals surface area contributed by atoms with Crippen LogP contribution in [0, 0.1) is 0 Å². The summed E-state index contributed by atoms with van der Waals surface area (Å²) < 4.78 is 0. The predicted molar refractivity (Wildman–Crippen MR) is 83.4 cm³/mol. The third-order valence-electron chi connectivity index (χ3n) is 3.61. The molecule has 4 heteroatoms. The van der Waals surface area contributed by atoms with E-state index in [0.29, 0.717) is 5.02 Å². The van der Waals surface area contributed by atoms with Crippen LogP contribution in [0.15, 0.2) is 24.3 Å². The molecule has 1 saturated heterocycles. The number of benzene rings is 1. The topological polar surface area (TPSA) is 40.5 Å². The van der Waals surface area contributed by atoms with Gasteiger partial charge in [0.05, 0.1) is 0 Å². The van der Waals surface area contributed by atoms with E-state index in [1.165, 1.54) is 38.2 Å². The number of hydrogen-bond donors (Lipinski definition) is 1. The van der Waals surface area contributed by atoms with Gasteiger partial charge in [0.1, 0.15) is 0 Å². The SMILES string of the molecule is O=C(O)/C=C/c1ccc(N2CCCCCCC2)cc1Cl. The molecular weight excluding hydrogens is 274 g/mol. The van der Waals surface area contributed by atoms with Crippen LogP contribution in [0.4, 0.5) is 5.69 Å². The summed E-state index contributed by atoms with van der Waals surface area (Å²) in [5.41, 5.74) is 1.87. The minimum atomic E-state index is -0.964. The van der Waals surface area contributed by atoms with Gasteiger partial charge in [-0.1, -0.05) is 36.9 Å². The number of hydrogen-bond acceptors (Lipinski definition) is 2. The summed E-state index contributed by atoms with van der Waals surface area (Å²) in [5.74, 6) is -0.964. The van der Waals surface area contributed by atoms with E-state index in [9.17, 15) is 4.79 Å². The Morgan fingerprint density at radius 1 is 1.15 bits per heavy atom. The van der Waals surface area contributed by atoms with Crippen LogP contribution in [0.25, 0.3) is 6.08 Å². The zero-order valence-electron chi connectivity index (χ0n) is 11.5. The van der Waals surface area contributed by atoms with Gasteiger partial charge in [-0.3, -0.25) is 0 Å². The highest BCUT2D eigenvalue weighted by Gasteiger charge is 2.10. The van der Waals surface area contributed by atoms with Crippen molar-refractivity contribution < 1.29 is 9.90 Å². The van der Waals surface area contributed by atoms with E-state index in [1.807, 2.05) is 18.2 Å². The lowest BCUT2D eigenvalue weighted by Crippen LogP contribution is -2.26. The molecule has 1 aliphatic rings. The Morgan fingerprint density at radius 2 is 1.80 bits per heavy atom. The second-order valence-corrected chi connectivity index (χ2v) is 5.54. The Morgan fingerprint density at radius 3 is 2.40 bits per heavy atom. The van der Waals surface area contributed by atoms with Crippen LogP contribution in [0.1, 0.15) is 37.7 Å². The Kier molecular flexibility index (Phi) is 5.48. The van der Waals surface area contributed by atoms with Crippen LogP contribution in [0.2, 0.25) is 5.02 Å². The quantitative estimate of drug-likeness (QED) is 0.849. The fourth-order valence-electron chi connectivity index (χ4n) is 2.51. The zero-order chi connectivity index (χ0) is 14.4. The monoisotopic (exact) mass is 293 g/mol. The molecule has 1 aromatic rings. The molecule has 0 aliphatic carbocycles. The van der Waals surface area contributed by atoms with Crippen LogP contribution in [-0.2, 0) is 4.79 Å². The van der Waals surface area contributed by atoms with Gasteiger partial charge in [0, 0.05) is 29.9 Å². The molecule has 0 aromatic heterocycles. The molecular formula is C16H20ClNO2. The number of carboxylic acid groups (broad SMARTS) is 1. The largest absolute Gasteiger partial charge is 0.478 e. The number of carboxylic acids is 1. The van der Waals surface area contributed by atoms with Crippen molar-refractivity contribution in [3.63, 3.8) is 0 Å². The molecule has 0 bridgehead atoms. The Hall–Kier alpha value is -1.48. The summed E-state index contributed by atoms with van der Waals surface area (Å²) >= 11 is 6.23. The molecule has 0 saturated carbocycles. The maximum Gasteiger partial charge on any atom is 0.328 e. The smallest absolute Gasteiger partial charge is 0.328 e. The number of anilines is 1. The summed E-state index contributed by atoms with van der Waals surface area (Å²) in [6, 6.07) is 5.84. The molecule has 1 fully saturated rings. The fraction of sp³-hybridized carbons (Fsp3) is 0.438. The molecule has 1 heterocycles.